The van der Waals surface area contributed by atoms with E-state index >= 15 is 0 Å². The second-order valence-corrected chi connectivity index (χ2v) is 4.27. The van der Waals surface area contributed by atoms with Crippen LogP contribution in [0.3, 0.4) is 0 Å². The van der Waals surface area contributed by atoms with E-state index in [2.05, 4.69) is 4.98 Å². The van der Waals surface area contributed by atoms with E-state index in [4.69, 9.17) is 16.9 Å². The van der Waals surface area contributed by atoms with Gasteiger partial charge in [0.05, 0.1) is 34.5 Å². The Bertz CT molecular complexity index is 660. The second-order valence-electron chi connectivity index (χ2n) is 3.87. The Morgan fingerprint density at radius 1 is 1.42 bits per heavy atom. The minimum Gasteiger partial charge on any atom is -0.324 e. The summed E-state index contributed by atoms with van der Waals surface area (Å²) in [4.78, 5) is 3.79. The molecule has 0 saturated heterocycles. The van der Waals surface area contributed by atoms with Crippen molar-refractivity contribution in [1.29, 1.82) is 5.26 Å². The molecule has 1 aromatic carbocycles. The third-order valence-corrected chi connectivity index (χ3v) is 2.84. The summed E-state index contributed by atoms with van der Waals surface area (Å²) in [5.41, 5.74) is 0.551. The largest absolute Gasteiger partial charge is 0.324 e. The summed E-state index contributed by atoms with van der Waals surface area (Å²) in [6, 6.07) is 4.38. The summed E-state index contributed by atoms with van der Waals surface area (Å²) < 4.78 is 51.2. The van der Waals surface area contributed by atoms with Crippen LogP contribution in [0.25, 0.3) is 11.0 Å². The summed E-state index contributed by atoms with van der Waals surface area (Å²) in [5.74, 6) is -4.16. The number of fused-ring (bicyclic) bond motifs is 1. The maximum atomic E-state index is 13.0. The van der Waals surface area contributed by atoms with Crippen LogP contribution in [0, 0.1) is 11.3 Å². The molecule has 0 aliphatic heterocycles. The number of rotatable bonds is 3. The molecule has 100 valence electrons. The molecule has 0 amide bonds. The van der Waals surface area contributed by atoms with Gasteiger partial charge in [0.15, 0.2) is 0 Å². The van der Waals surface area contributed by atoms with Gasteiger partial charge in [-0.1, -0.05) is 11.6 Å². The Morgan fingerprint density at radius 2 is 2.11 bits per heavy atom. The topological polar surface area (TPSA) is 41.6 Å². The fourth-order valence-electron chi connectivity index (χ4n) is 1.59. The fourth-order valence-corrected chi connectivity index (χ4v) is 1.79. The molecule has 0 atom stereocenters. The molecule has 0 fully saturated rings. The smallest absolute Gasteiger partial charge is 0.324 e. The van der Waals surface area contributed by atoms with Gasteiger partial charge in [-0.25, -0.2) is 13.8 Å². The van der Waals surface area contributed by atoms with Crippen LogP contribution < -0.4 is 0 Å². The molecular formula is C11H6ClF4N3. The molecule has 8 heteroatoms. The van der Waals surface area contributed by atoms with Crippen molar-refractivity contribution in [2.24, 2.45) is 0 Å². The number of hydrogen-bond donors (Lipinski definition) is 0. The van der Waals surface area contributed by atoms with Crippen LogP contribution >= 0.6 is 11.6 Å². The standard InChI is InChI=1S/C11H6ClF4N3/c12-7-2-9-8(1-6(7)3-17)18-5-19(9)4-11(15,16)10(13)14/h1-2,5,10H,4H2. The number of imidazole rings is 1. The van der Waals surface area contributed by atoms with E-state index in [-0.39, 0.29) is 21.6 Å². The van der Waals surface area contributed by atoms with Gasteiger partial charge in [-0.2, -0.15) is 14.0 Å². The van der Waals surface area contributed by atoms with Gasteiger partial charge in [0, 0.05) is 0 Å². The fraction of sp³-hybridized carbons (Fsp3) is 0.273. The minimum atomic E-state index is -4.16. The van der Waals surface area contributed by atoms with E-state index in [9.17, 15) is 17.6 Å². The van der Waals surface area contributed by atoms with E-state index < -0.39 is 18.9 Å². The van der Waals surface area contributed by atoms with E-state index in [0.717, 1.165) is 10.9 Å². The lowest BCUT2D eigenvalue weighted by atomic mass is 10.2. The molecule has 1 heterocycles. The number of aromatic nitrogens is 2. The van der Waals surface area contributed by atoms with Crippen molar-refractivity contribution in [2.45, 2.75) is 18.9 Å². The number of hydrogen-bond acceptors (Lipinski definition) is 2. The Kier molecular flexibility index (Phi) is 3.37. The third kappa shape index (κ3) is 2.49. The average molecular weight is 292 g/mol. The van der Waals surface area contributed by atoms with Gasteiger partial charge in [0.1, 0.15) is 6.07 Å². The Balaban J connectivity index is 2.47. The first-order valence-corrected chi connectivity index (χ1v) is 5.43. The quantitative estimate of drug-likeness (QED) is 0.813. The highest BCUT2D eigenvalue weighted by Gasteiger charge is 2.41. The maximum absolute atomic E-state index is 13.0. The number of halogens is 5. The summed E-state index contributed by atoms with van der Waals surface area (Å²) >= 11 is 5.77. The summed E-state index contributed by atoms with van der Waals surface area (Å²) in [7, 11) is 0. The molecule has 2 aromatic rings. The lowest BCUT2D eigenvalue weighted by Gasteiger charge is -2.16. The number of nitrogens with zero attached hydrogens (tertiary/aromatic N) is 3. The third-order valence-electron chi connectivity index (χ3n) is 2.53. The molecule has 19 heavy (non-hydrogen) atoms. The first-order chi connectivity index (χ1) is 8.85. The normalized spacial score (nSPS) is 12.1. The molecular weight excluding hydrogens is 286 g/mol. The van der Waals surface area contributed by atoms with E-state index in [1.165, 1.54) is 12.1 Å². The number of nitriles is 1. The monoisotopic (exact) mass is 291 g/mol. The van der Waals surface area contributed by atoms with Crippen molar-refractivity contribution >= 4 is 22.6 Å². The van der Waals surface area contributed by atoms with Gasteiger partial charge in [-0.3, -0.25) is 0 Å². The highest BCUT2D eigenvalue weighted by Crippen LogP contribution is 2.28. The molecule has 3 nitrogen and oxygen atoms in total. The van der Waals surface area contributed by atoms with Crippen LogP contribution in [0.15, 0.2) is 18.5 Å². The zero-order chi connectivity index (χ0) is 14.2. The van der Waals surface area contributed by atoms with Gasteiger partial charge < -0.3 is 4.57 Å². The first kappa shape index (κ1) is 13.6. The Morgan fingerprint density at radius 3 is 2.68 bits per heavy atom. The van der Waals surface area contributed by atoms with Crippen LogP contribution in [-0.4, -0.2) is 21.9 Å². The van der Waals surface area contributed by atoms with E-state index in [1.54, 1.807) is 0 Å². The molecule has 1 aromatic heterocycles. The molecule has 0 spiro atoms. The predicted molar refractivity (Wildman–Crippen MR) is 60.4 cm³/mol. The molecule has 0 aliphatic carbocycles. The lowest BCUT2D eigenvalue weighted by molar-refractivity contribution is -0.137. The first-order valence-electron chi connectivity index (χ1n) is 5.05. The summed E-state index contributed by atoms with van der Waals surface area (Å²) in [6.45, 7) is -1.20. The van der Waals surface area contributed by atoms with Crippen molar-refractivity contribution in [3.05, 3.63) is 29.0 Å². The van der Waals surface area contributed by atoms with Crippen molar-refractivity contribution in [3.63, 3.8) is 0 Å². The highest BCUT2D eigenvalue weighted by atomic mass is 35.5. The zero-order valence-corrected chi connectivity index (χ0v) is 10.0. The Hall–Kier alpha value is -1.81. The van der Waals surface area contributed by atoms with Gasteiger partial charge >= 0.3 is 12.3 Å². The average Bonchev–Trinajstić information content (AvgIpc) is 2.70. The van der Waals surface area contributed by atoms with E-state index in [0.29, 0.717) is 0 Å². The summed E-state index contributed by atoms with van der Waals surface area (Å²) in [5, 5.41) is 8.81. The molecule has 2 rings (SSSR count). The molecule has 0 saturated carbocycles. The maximum Gasteiger partial charge on any atom is 0.324 e. The van der Waals surface area contributed by atoms with Crippen LogP contribution in [-0.2, 0) is 6.54 Å². The van der Waals surface area contributed by atoms with Crippen LogP contribution in [0.5, 0.6) is 0 Å². The van der Waals surface area contributed by atoms with Crippen molar-refractivity contribution in [1.82, 2.24) is 9.55 Å². The lowest BCUT2D eigenvalue weighted by Crippen LogP contribution is -2.31. The zero-order valence-electron chi connectivity index (χ0n) is 9.25. The molecule has 0 N–H and O–H groups in total. The predicted octanol–water partition coefficient (Wildman–Crippen LogP) is 3.46. The molecule has 0 radical (unpaired) electrons. The molecule has 0 unspecified atom stereocenters. The SMILES string of the molecule is N#Cc1cc2ncn(CC(F)(F)C(F)F)c2cc1Cl. The van der Waals surface area contributed by atoms with Crippen molar-refractivity contribution in [3.8, 4) is 6.07 Å². The summed E-state index contributed by atoms with van der Waals surface area (Å²) in [6.07, 6.45) is -2.75. The van der Waals surface area contributed by atoms with Crippen molar-refractivity contribution < 1.29 is 17.6 Å². The second kappa shape index (κ2) is 4.70. The molecule has 0 aliphatic rings. The van der Waals surface area contributed by atoms with E-state index in [1.807, 2.05) is 6.07 Å². The van der Waals surface area contributed by atoms with Gasteiger partial charge in [-0.05, 0) is 12.1 Å². The highest BCUT2D eigenvalue weighted by molar-refractivity contribution is 6.32. The Labute approximate surface area is 110 Å². The minimum absolute atomic E-state index is 0.0529. The van der Waals surface area contributed by atoms with Gasteiger partial charge in [0.25, 0.3) is 0 Å². The van der Waals surface area contributed by atoms with Crippen LogP contribution in [0.1, 0.15) is 5.56 Å². The number of alkyl halides is 4. The van der Waals surface area contributed by atoms with Crippen LogP contribution in [0.2, 0.25) is 5.02 Å². The van der Waals surface area contributed by atoms with Crippen LogP contribution in [0.4, 0.5) is 17.6 Å². The van der Waals surface area contributed by atoms with Crippen molar-refractivity contribution in [2.75, 3.05) is 0 Å². The molecule has 0 bridgehead atoms. The van der Waals surface area contributed by atoms with Gasteiger partial charge in [-0.15, -0.1) is 0 Å². The number of benzene rings is 1. The van der Waals surface area contributed by atoms with Gasteiger partial charge in [0.2, 0.25) is 0 Å².